The zero-order chi connectivity index (χ0) is 24.3. The number of fused-ring (bicyclic) bond motifs is 1. The van der Waals surface area contributed by atoms with E-state index in [1.54, 1.807) is 20.3 Å². The van der Waals surface area contributed by atoms with Gasteiger partial charge in [0.2, 0.25) is 0 Å². The number of ether oxygens (including phenoxy) is 2. The van der Waals surface area contributed by atoms with Gasteiger partial charge < -0.3 is 9.47 Å². The first-order chi connectivity index (χ1) is 16.6. The molecule has 3 rings (SSSR count). The van der Waals surface area contributed by atoms with Gasteiger partial charge >= 0.3 is 0 Å². The van der Waals surface area contributed by atoms with Crippen molar-refractivity contribution >= 4 is 5.71 Å². The van der Waals surface area contributed by atoms with Crippen LogP contribution in [0.3, 0.4) is 0 Å². The Morgan fingerprint density at radius 1 is 0.794 bits per heavy atom. The second-order valence-electron chi connectivity index (χ2n) is 9.31. The van der Waals surface area contributed by atoms with E-state index in [2.05, 4.69) is 23.6 Å². The van der Waals surface area contributed by atoms with Crippen LogP contribution in [0.4, 0.5) is 8.78 Å². The van der Waals surface area contributed by atoms with Crippen LogP contribution in [0.2, 0.25) is 0 Å². The minimum atomic E-state index is -0.802. The van der Waals surface area contributed by atoms with E-state index in [4.69, 9.17) is 9.47 Å². The van der Waals surface area contributed by atoms with Gasteiger partial charge in [0.05, 0.1) is 14.2 Å². The molecule has 0 saturated carbocycles. The Labute approximate surface area is 203 Å². The van der Waals surface area contributed by atoms with Gasteiger partial charge in [-0.2, -0.15) is 0 Å². The van der Waals surface area contributed by atoms with Crippen LogP contribution < -0.4 is 9.47 Å². The van der Waals surface area contributed by atoms with Gasteiger partial charge in [-0.25, -0.2) is 13.4 Å². The zero-order valence-corrected chi connectivity index (χ0v) is 21.1. The maximum Gasteiger partial charge on any atom is 0.184 e. The molecule has 186 valence electrons. The lowest BCUT2D eigenvalue weighted by molar-refractivity contribution is -0.545. The van der Waals surface area contributed by atoms with Crippen LogP contribution in [-0.4, -0.2) is 31.1 Å². The first-order valence-electron chi connectivity index (χ1n) is 12.9. The normalized spacial score (nSPS) is 13.2. The average molecular weight is 473 g/mol. The van der Waals surface area contributed by atoms with Crippen molar-refractivity contribution in [3.05, 3.63) is 58.7 Å². The van der Waals surface area contributed by atoms with Crippen LogP contribution in [-0.2, 0) is 13.0 Å². The second kappa shape index (κ2) is 13.5. The third-order valence-corrected chi connectivity index (χ3v) is 6.83. The lowest BCUT2D eigenvalue weighted by Crippen LogP contribution is -2.30. The quantitative estimate of drug-likeness (QED) is 0.210. The van der Waals surface area contributed by atoms with E-state index >= 15 is 0 Å². The van der Waals surface area contributed by atoms with Crippen LogP contribution >= 0.6 is 0 Å². The van der Waals surface area contributed by atoms with Crippen molar-refractivity contribution in [2.75, 3.05) is 20.8 Å². The van der Waals surface area contributed by atoms with E-state index < -0.39 is 11.6 Å². The predicted molar refractivity (Wildman–Crippen MR) is 134 cm³/mol. The summed E-state index contributed by atoms with van der Waals surface area (Å²) in [5, 5.41) is 0. The molecule has 2 aromatic carbocycles. The van der Waals surface area contributed by atoms with Gasteiger partial charge in [0, 0.05) is 24.0 Å². The molecule has 0 fully saturated rings. The van der Waals surface area contributed by atoms with Crippen molar-refractivity contribution in [3.8, 4) is 11.5 Å². The number of unbranched alkanes of at least 4 members (excludes halogenated alkanes) is 8. The number of hydrogen-bond acceptors (Lipinski definition) is 2. The van der Waals surface area contributed by atoms with Crippen LogP contribution in [0.15, 0.2) is 30.3 Å². The molecule has 1 heterocycles. The summed E-state index contributed by atoms with van der Waals surface area (Å²) >= 11 is 0. The predicted octanol–water partition coefficient (Wildman–Crippen LogP) is 7.46. The fourth-order valence-corrected chi connectivity index (χ4v) is 4.89. The third-order valence-electron chi connectivity index (χ3n) is 6.83. The molecule has 0 spiro atoms. The van der Waals surface area contributed by atoms with Crippen molar-refractivity contribution in [1.82, 2.24) is 0 Å². The fraction of sp³-hybridized carbons (Fsp3) is 0.552. The van der Waals surface area contributed by atoms with Gasteiger partial charge in [0.25, 0.3) is 0 Å². The molecule has 1 aliphatic heterocycles. The Hall–Kier alpha value is -2.43. The molecule has 2 aromatic rings. The third kappa shape index (κ3) is 7.04. The van der Waals surface area contributed by atoms with Gasteiger partial charge in [-0.15, -0.1) is 0 Å². The van der Waals surface area contributed by atoms with Crippen molar-refractivity contribution in [2.24, 2.45) is 0 Å². The van der Waals surface area contributed by atoms with Crippen molar-refractivity contribution in [3.63, 3.8) is 0 Å². The summed E-state index contributed by atoms with van der Waals surface area (Å²) in [4.78, 5) is 0. The topological polar surface area (TPSA) is 21.5 Å². The Bertz CT molecular complexity index is 971. The number of hydrogen-bond donors (Lipinski definition) is 0. The fourth-order valence-electron chi connectivity index (χ4n) is 4.89. The highest BCUT2D eigenvalue weighted by Crippen LogP contribution is 2.33. The maximum atomic E-state index is 13.8. The minimum absolute atomic E-state index is 0.567. The first kappa shape index (κ1) is 26.2. The Kier molecular flexibility index (Phi) is 10.4. The molecule has 1 aliphatic rings. The molecule has 0 saturated heterocycles. The number of halogens is 2. The molecular formula is C29H40F2NO2+. The summed E-state index contributed by atoms with van der Waals surface area (Å²) in [6, 6.07) is 8.37. The van der Waals surface area contributed by atoms with E-state index in [0.717, 1.165) is 42.9 Å². The first-order valence-corrected chi connectivity index (χ1v) is 12.9. The van der Waals surface area contributed by atoms with E-state index in [9.17, 15) is 8.78 Å². The Balaban J connectivity index is 1.75. The summed E-state index contributed by atoms with van der Waals surface area (Å²) in [6.45, 7) is 3.66. The van der Waals surface area contributed by atoms with Crippen molar-refractivity contribution < 1.29 is 22.8 Å². The summed E-state index contributed by atoms with van der Waals surface area (Å²) in [6.07, 6.45) is 13.4. The Morgan fingerprint density at radius 3 is 2.09 bits per heavy atom. The number of benzene rings is 2. The number of rotatable bonds is 14. The highest BCUT2D eigenvalue weighted by atomic mass is 19.2. The van der Waals surface area contributed by atoms with Crippen LogP contribution in [0.5, 0.6) is 11.5 Å². The summed E-state index contributed by atoms with van der Waals surface area (Å²) in [7, 11) is 3.32. The van der Waals surface area contributed by atoms with Crippen LogP contribution in [0.25, 0.3) is 0 Å². The number of nitrogens with zero attached hydrogens (tertiary/aromatic N) is 1. The lowest BCUT2D eigenvalue weighted by atomic mass is 9.92. The molecule has 5 heteroatoms. The van der Waals surface area contributed by atoms with E-state index in [-0.39, 0.29) is 0 Å². The molecule has 0 unspecified atom stereocenters. The van der Waals surface area contributed by atoms with Gasteiger partial charge in [-0.3, -0.25) is 0 Å². The van der Waals surface area contributed by atoms with Crippen molar-refractivity contribution in [1.29, 1.82) is 0 Å². The smallest absolute Gasteiger partial charge is 0.184 e. The maximum absolute atomic E-state index is 13.8. The molecule has 3 nitrogen and oxygen atoms in total. The molecule has 0 atom stereocenters. The standard InChI is InChI=1S/C29H40F2NO2/c1-4-5-6-7-8-9-10-11-12-13-27-24-20-29(34-3)28(33-2)19-23(24)16-17-32(27)21-22-14-15-25(30)26(31)18-22/h14-15,18-20H,4-13,16-17,21H2,1-3H3/q+1. The highest BCUT2D eigenvalue weighted by Gasteiger charge is 2.27. The van der Waals surface area contributed by atoms with Crippen LogP contribution in [0.1, 0.15) is 87.8 Å². The molecule has 34 heavy (non-hydrogen) atoms. The summed E-state index contributed by atoms with van der Waals surface area (Å²) in [5.74, 6) is -0.122. The number of methoxy groups -OCH3 is 2. The van der Waals surface area contributed by atoms with Gasteiger partial charge in [-0.05, 0) is 42.3 Å². The second-order valence-corrected chi connectivity index (χ2v) is 9.31. The molecule has 0 aromatic heterocycles. The molecule has 0 amide bonds. The SMILES string of the molecule is CCCCCCCCCCCC1=[N+](Cc2ccc(F)c(F)c2)CCc2cc(OC)c(OC)cc21. The van der Waals surface area contributed by atoms with Gasteiger partial charge in [0.1, 0.15) is 6.54 Å². The van der Waals surface area contributed by atoms with E-state index in [0.29, 0.717) is 6.54 Å². The molecular weight excluding hydrogens is 432 g/mol. The Morgan fingerprint density at radius 2 is 1.44 bits per heavy atom. The van der Waals surface area contributed by atoms with Gasteiger partial charge in [-0.1, -0.05) is 58.3 Å². The largest absolute Gasteiger partial charge is 0.493 e. The molecule has 0 aliphatic carbocycles. The monoisotopic (exact) mass is 472 g/mol. The minimum Gasteiger partial charge on any atom is -0.493 e. The van der Waals surface area contributed by atoms with Crippen molar-refractivity contribution in [2.45, 2.75) is 84.1 Å². The summed E-state index contributed by atoms with van der Waals surface area (Å²) in [5.41, 5.74) is 4.48. The molecule has 0 bridgehead atoms. The molecule has 0 N–H and O–H groups in total. The zero-order valence-electron chi connectivity index (χ0n) is 21.1. The molecule has 0 radical (unpaired) electrons. The average Bonchev–Trinajstić information content (AvgIpc) is 2.85. The summed E-state index contributed by atoms with van der Waals surface area (Å²) < 4.78 is 40.7. The van der Waals surface area contributed by atoms with E-state index in [1.807, 2.05) is 0 Å². The van der Waals surface area contributed by atoms with Gasteiger partial charge in [0.15, 0.2) is 35.4 Å². The van der Waals surface area contributed by atoms with Crippen LogP contribution in [0, 0.1) is 11.6 Å². The highest BCUT2D eigenvalue weighted by molar-refractivity contribution is 5.99. The van der Waals surface area contributed by atoms with E-state index in [1.165, 1.54) is 80.3 Å². The lowest BCUT2D eigenvalue weighted by Gasteiger charge is -2.21.